The van der Waals surface area contributed by atoms with Gasteiger partial charge >= 0.3 is 0 Å². The topological polar surface area (TPSA) is 37.4 Å². The van der Waals surface area contributed by atoms with Crippen LogP contribution in [0.25, 0.3) is 11.1 Å². The average Bonchev–Trinajstić information content (AvgIpc) is 2.54. The largest absolute Gasteiger partial charge is 0.334 e. The molecule has 1 amide bonds. The number of rotatable bonds is 5. The van der Waals surface area contributed by atoms with Gasteiger partial charge in [-0.05, 0) is 79.9 Å². The molecule has 0 atom stereocenters. The minimum Gasteiger partial charge on any atom is -0.334 e. The van der Waals surface area contributed by atoms with E-state index in [-0.39, 0.29) is 23.8 Å². The molecule has 0 aliphatic heterocycles. The van der Waals surface area contributed by atoms with E-state index in [1.165, 1.54) is 0 Å². The number of Topliss-reactive ketones (excluding diaryl/α,β-unsaturated/α-hetero) is 1. The summed E-state index contributed by atoms with van der Waals surface area (Å²) in [6, 6.07) is 13.5. The maximum Gasteiger partial charge on any atom is 0.255 e. The van der Waals surface area contributed by atoms with Crippen molar-refractivity contribution in [1.82, 2.24) is 4.90 Å². The number of amides is 1. The first kappa shape index (κ1) is 19.4. The zero-order chi connectivity index (χ0) is 18.7. The van der Waals surface area contributed by atoms with E-state index >= 15 is 0 Å². The number of carbonyl (C=O) groups is 2. The molecule has 132 valence electrons. The summed E-state index contributed by atoms with van der Waals surface area (Å²) in [5, 5.41) is 0. The van der Waals surface area contributed by atoms with Gasteiger partial charge in [0.15, 0.2) is 5.78 Å². The third kappa shape index (κ3) is 4.37. The lowest BCUT2D eigenvalue weighted by Crippen LogP contribution is -2.42. The second-order valence-electron chi connectivity index (χ2n) is 6.73. The lowest BCUT2D eigenvalue weighted by atomic mass is 10.00. The van der Waals surface area contributed by atoms with Gasteiger partial charge < -0.3 is 4.90 Å². The molecule has 4 heteroatoms. The second kappa shape index (κ2) is 7.96. The van der Waals surface area contributed by atoms with Crippen LogP contribution < -0.4 is 0 Å². The number of halogens is 1. The van der Waals surface area contributed by atoms with Crippen molar-refractivity contribution in [3.8, 4) is 11.1 Å². The van der Waals surface area contributed by atoms with Gasteiger partial charge in [0.25, 0.3) is 5.91 Å². The van der Waals surface area contributed by atoms with Gasteiger partial charge in [0.1, 0.15) is 0 Å². The third-order valence-corrected chi connectivity index (χ3v) is 4.81. The molecule has 0 N–H and O–H groups in total. The SMILES string of the molecule is CC(=O)c1cccc(-c2ccc(C(=O)N(C(C)C)C(C)C)c(Br)c2)c1. The van der Waals surface area contributed by atoms with E-state index < -0.39 is 0 Å². The van der Waals surface area contributed by atoms with Crippen LogP contribution in [0.4, 0.5) is 0 Å². The maximum absolute atomic E-state index is 12.9. The van der Waals surface area contributed by atoms with Crippen molar-refractivity contribution in [2.24, 2.45) is 0 Å². The molecule has 0 saturated carbocycles. The Bertz CT molecular complexity index is 788. The van der Waals surface area contributed by atoms with Gasteiger partial charge in [-0.25, -0.2) is 0 Å². The molecule has 2 aromatic carbocycles. The highest BCUT2D eigenvalue weighted by Crippen LogP contribution is 2.28. The van der Waals surface area contributed by atoms with E-state index in [1.54, 1.807) is 6.92 Å². The zero-order valence-electron chi connectivity index (χ0n) is 15.3. The fraction of sp³-hybridized carbons (Fsp3) is 0.333. The summed E-state index contributed by atoms with van der Waals surface area (Å²) in [7, 11) is 0. The van der Waals surface area contributed by atoms with Gasteiger partial charge in [-0.1, -0.05) is 24.3 Å². The second-order valence-corrected chi connectivity index (χ2v) is 7.59. The Morgan fingerprint density at radius 3 is 2.04 bits per heavy atom. The van der Waals surface area contributed by atoms with Crippen LogP contribution in [0.2, 0.25) is 0 Å². The maximum atomic E-state index is 12.9. The fourth-order valence-electron chi connectivity index (χ4n) is 2.99. The molecule has 0 radical (unpaired) electrons. The quantitative estimate of drug-likeness (QED) is 0.613. The molecule has 0 bridgehead atoms. The van der Waals surface area contributed by atoms with Crippen LogP contribution in [0.1, 0.15) is 55.3 Å². The monoisotopic (exact) mass is 401 g/mol. The Balaban J connectivity index is 2.40. The molecule has 0 heterocycles. The Morgan fingerprint density at radius 2 is 1.52 bits per heavy atom. The lowest BCUT2D eigenvalue weighted by molar-refractivity contribution is 0.0642. The Hall–Kier alpha value is -1.94. The van der Waals surface area contributed by atoms with Gasteiger partial charge in [-0.15, -0.1) is 0 Å². The first-order chi connectivity index (χ1) is 11.7. The van der Waals surface area contributed by atoms with Crippen LogP contribution in [0.5, 0.6) is 0 Å². The minimum atomic E-state index is 0.0147. The van der Waals surface area contributed by atoms with Crippen LogP contribution in [-0.2, 0) is 0 Å². The summed E-state index contributed by atoms with van der Waals surface area (Å²) in [5.74, 6) is 0.0538. The van der Waals surface area contributed by atoms with E-state index in [9.17, 15) is 9.59 Å². The Kier molecular flexibility index (Phi) is 6.17. The Morgan fingerprint density at radius 1 is 0.920 bits per heavy atom. The summed E-state index contributed by atoms with van der Waals surface area (Å²) < 4.78 is 0.759. The normalized spacial score (nSPS) is 11.0. The first-order valence-corrected chi connectivity index (χ1v) is 9.25. The molecule has 2 rings (SSSR count). The van der Waals surface area contributed by atoms with Crippen LogP contribution in [-0.4, -0.2) is 28.7 Å². The van der Waals surface area contributed by atoms with Gasteiger partial charge in [-0.3, -0.25) is 9.59 Å². The molecule has 0 fully saturated rings. The van der Waals surface area contributed by atoms with Crippen molar-refractivity contribution < 1.29 is 9.59 Å². The number of carbonyl (C=O) groups excluding carboxylic acids is 2. The molecule has 3 nitrogen and oxygen atoms in total. The highest BCUT2D eigenvalue weighted by atomic mass is 79.9. The predicted molar refractivity (Wildman–Crippen MR) is 106 cm³/mol. The van der Waals surface area contributed by atoms with E-state index in [1.807, 2.05) is 75.1 Å². The smallest absolute Gasteiger partial charge is 0.255 e. The van der Waals surface area contributed by atoms with Gasteiger partial charge in [0.05, 0.1) is 5.56 Å². The van der Waals surface area contributed by atoms with Gasteiger partial charge in [0, 0.05) is 22.1 Å². The van der Waals surface area contributed by atoms with Crippen molar-refractivity contribution in [3.63, 3.8) is 0 Å². The Labute approximate surface area is 158 Å². The van der Waals surface area contributed by atoms with Crippen molar-refractivity contribution in [1.29, 1.82) is 0 Å². The number of hydrogen-bond donors (Lipinski definition) is 0. The van der Waals surface area contributed by atoms with Crippen LogP contribution in [0.3, 0.4) is 0 Å². The molecule has 0 aromatic heterocycles. The number of benzene rings is 2. The van der Waals surface area contributed by atoms with Crippen molar-refractivity contribution >= 4 is 27.6 Å². The highest BCUT2D eigenvalue weighted by Gasteiger charge is 2.23. The highest BCUT2D eigenvalue weighted by molar-refractivity contribution is 9.10. The van der Waals surface area contributed by atoms with E-state index in [0.29, 0.717) is 11.1 Å². The fourth-order valence-corrected chi connectivity index (χ4v) is 3.54. The molecule has 0 aliphatic rings. The number of hydrogen-bond acceptors (Lipinski definition) is 2. The minimum absolute atomic E-state index is 0.0147. The molecular weight excluding hydrogens is 378 g/mol. The average molecular weight is 402 g/mol. The van der Waals surface area contributed by atoms with E-state index in [0.717, 1.165) is 15.6 Å². The standard InChI is InChI=1S/C21H24BrNO2/c1-13(2)23(14(3)4)21(25)19-10-9-18(12-20(19)22)17-8-6-7-16(11-17)15(5)24/h6-14H,1-5H3. The molecule has 0 aliphatic carbocycles. The molecule has 0 unspecified atom stereocenters. The summed E-state index contributed by atoms with van der Waals surface area (Å²) in [5.41, 5.74) is 3.25. The van der Waals surface area contributed by atoms with Gasteiger partial charge in [-0.2, -0.15) is 0 Å². The van der Waals surface area contributed by atoms with E-state index in [2.05, 4.69) is 15.9 Å². The molecule has 0 spiro atoms. The lowest BCUT2D eigenvalue weighted by Gasteiger charge is -2.31. The van der Waals surface area contributed by atoms with Crippen molar-refractivity contribution in [2.75, 3.05) is 0 Å². The van der Waals surface area contributed by atoms with Crippen molar-refractivity contribution in [3.05, 3.63) is 58.1 Å². The summed E-state index contributed by atoms with van der Waals surface area (Å²) in [4.78, 5) is 26.3. The molecule has 25 heavy (non-hydrogen) atoms. The number of ketones is 1. The summed E-state index contributed by atoms with van der Waals surface area (Å²) >= 11 is 3.54. The number of nitrogens with zero attached hydrogens (tertiary/aromatic N) is 1. The van der Waals surface area contributed by atoms with E-state index in [4.69, 9.17) is 0 Å². The molecular formula is C21H24BrNO2. The van der Waals surface area contributed by atoms with Crippen LogP contribution in [0, 0.1) is 0 Å². The zero-order valence-corrected chi connectivity index (χ0v) is 16.9. The van der Waals surface area contributed by atoms with Crippen molar-refractivity contribution in [2.45, 2.75) is 46.7 Å². The molecule has 0 saturated heterocycles. The van der Waals surface area contributed by atoms with Crippen LogP contribution in [0.15, 0.2) is 46.9 Å². The molecule has 2 aromatic rings. The summed E-state index contributed by atoms with van der Waals surface area (Å²) in [6.07, 6.45) is 0. The predicted octanol–water partition coefficient (Wildman–Crippen LogP) is 5.58. The third-order valence-electron chi connectivity index (χ3n) is 4.15. The first-order valence-electron chi connectivity index (χ1n) is 8.46. The summed E-state index contributed by atoms with van der Waals surface area (Å²) in [6.45, 7) is 9.64. The van der Waals surface area contributed by atoms with Gasteiger partial charge in [0.2, 0.25) is 0 Å². The van der Waals surface area contributed by atoms with Crippen LogP contribution >= 0.6 is 15.9 Å².